The molecule has 2 amide bonds. The lowest BCUT2D eigenvalue weighted by atomic mass is 10.1. The minimum atomic E-state index is -1.48. The van der Waals surface area contributed by atoms with E-state index in [1.807, 2.05) is 0 Å². The molecular formula is C33H50N6O8. The van der Waals surface area contributed by atoms with Crippen LogP contribution in [0.2, 0.25) is 0 Å². The molecule has 0 aliphatic carbocycles. The number of nitrogens with one attached hydrogen (secondary N) is 2. The SMILES string of the molecule is CCC=CCC=CCC=CCC=CCC=CCCCC(=O)NCCOCCNC(=O)OCC1OC(n2cnc(N)nc2=O)C(O)C1O. The van der Waals surface area contributed by atoms with Gasteiger partial charge >= 0.3 is 11.8 Å². The van der Waals surface area contributed by atoms with Crippen molar-refractivity contribution >= 4 is 17.9 Å². The number of rotatable bonds is 22. The van der Waals surface area contributed by atoms with Gasteiger partial charge < -0.3 is 40.8 Å². The van der Waals surface area contributed by atoms with E-state index in [4.69, 9.17) is 19.9 Å². The fourth-order valence-electron chi connectivity index (χ4n) is 4.26. The van der Waals surface area contributed by atoms with Crippen LogP contribution in [0.1, 0.15) is 64.5 Å². The Kier molecular flexibility index (Phi) is 20.0. The standard InChI is InChI=1S/C33H50N6O8/c1-2-3-4-5-6-7-8-9-10-11-12-13-14-15-16-17-18-19-27(40)35-20-22-45-23-21-36-33(44)46-24-26-28(41)29(42)30(47-26)39-25-37-31(34)38-32(39)43/h3-4,6-7,9-10,12-13,15-16,25-26,28-30,41-42H,2,5,8,11,14,17-24H2,1H3,(H,35,40)(H,36,44)(H2,34,38,43). The molecular weight excluding hydrogens is 608 g/mol. The van der Waals surface area contributed by atoms with Gasteiger partial charge in [-0.15, -0.1) is 0 Å². The van der Waals surface area contributed by atoms with Crippen LogP contribution in [0.25, 0.3) is 0 Å². The topological polar surface area (TPSA) is 200 Å². The average molecular weight is 659 g/mol. The molecule has 6 N–H and O–H groups in total. The average Bonchev–Trinajstić information content (AvgIpc) is 3.33. The third-order valence-electron chi connectivity index (χ3n) is 6.75. The first kappa shape index (κ1) is 39.1. The van der Waals surface area contributed by atoms with Crippen molar-refractivity contribution in [1.29, 1.82) is 0 Å². The Morgan fingerprint density at radius 2 is 1.53 bits per heavy atom. The quantitative estimate of drug-likeness (QED) is 0.0906. The molecule has 2 heterocycles. The van der Waals surface area contributed by atoms with Gasteiger partial charge in [0.1, 0.15) is 31.2 Å². The number of aliphatic hydroxyl groups excluding tert-OH is 2. The largest absolute Gasteiger partial charge is 0.447 e. The number of nitrogens with two attached hydrogens (primary N) is 1. The van der Waals surface area contributed by atoms with E-state index < -0.39 is 36.3 Å². The normalized spacial score (nSPS) is 20.0. The van der Waals surface area contributed by atoms with E-state index in [0.29, 0.717) is 13.0 Å². The molecule has 0 saturated carbocycles. The first-order valence-corrected chi connectivity index (χ1v) is 16.1. The summed E-state index contributed by atoms with van der Waals surface area (Å²) in [6.45, 7) is 2.74. The maximum atomic E-state index is 12.0. The lowest BCUT2D eigenvalue weighted by Gasteiger charge is -2.16. The highest BCUT2D eigenvalue weighted by molar-refractivity contribution is 5.75. The molecule has 1 aliphatic rings. The molecule has 14 nitrogen and oxygen atoms in total. The number of alkyl carbamates (subject to hydrolysis) is 1. The number of ether oxygens (including phenoxy) is 3. The van der Waals surface area contributed by atoms with Crippen LogP contribution in [0.5, 0.6) is 0 Å². The molecule has 14 heteroatoms. The van der Waals surface area contributed by atoms with Crippen LogP contribution in [0.4, 0.5) is 10.7 Å². The van der Waals surface area contributed by atoms with Crippen LogP contribution in [-0.4, -0.2) is 88.0 Å². The Morgan fingerprint density at radius 1 is 0.936 bits per heavy atom. The van der Waals surface area contributed by atoms with Crippen molar-refractivity contribution in [2.75, 3.05) is 38.6 Å². The number of carbonyl (C=O) groups is 2. The maximum Gasteiger partial charge on any atom is 0.407 e. The van der Waals surface area contributed by atoms with E-state index in [-0.39, 0.29) is 38.2 Å². The van der Waals surface area contributed by atoms with Gasteiger partial charge in [0.15, 0.2) is 6.23 Å². The second-order valence-corrected chi connectivity index (χ2v) is 10.5. The van der Waals surface area contributed by atoms with E-state index >= 15 is 0 Å². The highest BCUT2D eigenvalue weighted by Crippen LogP contribution is 2.28. The van der Waals surface area contributed by atoms with Crippen molar-refractivity contribution in [1.82, 2.24) is 25.2 Å². The lowest BCUT2D eigenvalue weighted by molar-refractivity contribution is -0.121. The fraction of sp³-hybridized carbons (Fsp3) is 0.545. The minimum absolute atomic E-state index is 0.0415. The molecule has 1 aromatic rings. The van der Waals surface area contributed by atoms with Gasteiger partial charge in [-0.2, -0.15) is 4.98 Å². The Hall–Kier alpha value is -4.11. The molecule has 1 aromatic heterocycles. The summed E-state index contributed by atoms with van der Waals surface area (Å²) in [5.41, 5.74) is 4.54. The molecule has 2 rings (SSSR count). The third-order valence-corrected chi connectivity index (χ3v) is 6.75. The van der Waals surface area contributed by atoms with E-state index in [1.54, 1.807) is 0 Å². The van der Waals surface area contributed by atoms with Crippen molar-refractivity contribution in [3.05, 3.63) is 77.6 Å². The van der Waals surface area contributed by atoms with E-state index in [0.717, 1.165) is 55.8 Å². The summed E-state index contributed by atoms with van der Waals surface area (Å²) < 4.78 is 16.8. The fourth-order valence-corrected chi connectivity index (χ4v) is 4.26. The molecule has 47 heavy (non-hydrogen) atoms. The lowest BCUT2D eigenvalue weighted by Crippen LogP contribution is -2.37. The van der Waals surface area contributed by atoms with Gasteiger partial charge in [0.05, 0.1) is 13.2 Å². The number of carbonyl (C=O) groups excluding carboxylic acids is 2. The monoisotopic (exact) mass is 658 g/mol. The molecule has 0 aromatic carbocycles. The summed E-state index contributed by atoms with van der Waals surface area (Å²) in [6, 6.07) is 0. The number of unbranched alkanes of at least 4 members (excludes halogenated alkanes) is 1. The van der Waals surface area contributed by atoms with Crippen molar-refractivity contribution in [2.45, 2.75) is 82.8 Å². The van der Waals surface area contributed by atoms with Gasteiger partial charge in [-0.1, -0.05) is 67.7 Å². The van der Waals surface area contributed by atoms with Crippen molar-refractivity contribution < 1.29 is 34.0 Å². The number of hydrogen-bond acceptors (Lipinski definition) is 11. The van der Waals surface area contributed by atoms with Gasteiger partial charge in [-0.05, 0) is 44.9 Å². The molecule has 260 valence electrons. The molecule has 4 unspecified atom stereocenters. The Balaban J connectivity index is 1.42. The van der Waals surface area contributed by atoms with Crippen LogP contribution >= 0.6 is 0 Å². The Bertz CT molecular complexity index is 1260. The molecule has 4 atom stereocenters. The van der Waals surface area contributed by atoms with Gasteiger partial charge in [0, 0.05) is 19.5 Å². The molecule has 0 radical (unpaired) electrons. The van der Waals surface area contributed by atoms with Gasteiger partial charge in [0.2, 0.25) is 11.9 Å². The zero-order valence-electron chi connectivity index (χ0n) is 27.1. The number of nitrogens with zero attached hydrogens (tertiary/aromatic N) is 3. The first-order chi connectivity index (χ1) is 22.8. The number of amides is 2. The second kappa shape index (κ2) is 24.1. The van der Waals surface area contributed by atoms with Crippen LogP contribution in [0, 0.1) is 0 Å². The van der Waals surface area contributed by atoms with Crippen LogP contribution in [0.15, 0.2) is 71.9 Å². The number of nitrogen functional groups attached to an aromatic ring is 1. The number of allylic oxidation sites excluding steroid dienone is 10. The van der Waals surface area contributed by atoms with Gasteiger partial charge in [0.25, 0.3) is 0 Å². The van der Waals surface area contributed by atoms with Gasteiger partial charge in [-0.3, -0.25) is 9.36 Å². The summed E-state index contributed by atoms with van der Waals surface area (Å²) in [5, 5.41) is 25.7. The van der Waals surface area contributed by atoms with E-state index in [1.165, 1.54) is 0 Å². The number of hydrogen-bond donors (Lipinski definition) is 5. The summed E-state index contributed by atoms with van der Waals surface area (Å²) in [4.78, 5) is 43.0. The summed E-state index contributed by atoms with van der Waals surface area (Å²) in [5.74, 6) is -0.284. The highest BCUT2D eigenvalue weighted by Gasteiger charge is 2.44. The zero-order chi connectivity index (χ0) is 34.1. The highest BCUT2D eigenvalue weighted by atomic mass is 16.6. The maximum absolute atomic E-state index is 12.0. The van der Waals surface area contributed by atoms with Crippen molar-refractivity contribution in [3.8, 4) is 0 Å². The minimum Gasteiger partial charge on any atom is -0.447 e. The molecule has 0 spiro atoms. The summed E-state index contributed by atoms with van der Waals surface area (Å²) >= 11 is 0. The Morgan fingerprint density at radius 3 is 2.15 bits per heavy atom. The van der Waals surface area contributed by atoms with Crippen molar-refractivity contribution in [2.24, 2.45) is 0 Å². The first-order valence-electron chi connectivity index (χ1n) is 16.1. The molecule has 0 bridgehead atoms. The summed E-state index contributed by atoms with van der Waals surface area (Å²) in [7, 11) is 0. The number of aliphatic hydroxyl groups is 2. The smallest absolute Gasteiger partial charge is 0.407 e. The zero-order valence-corrected chi connectivity index (χ0v) is 27.1. The van der Waals surface area contributed by atoms with E-state index in [9.17, 15) is 24.6 Å². The van der Waals surface area contributed by atoms with Crippen LogP contribution < -0.4 is 22.1 Å². The molecule has 1 fully saturated rings. The van der Waals surface area contributed by atoms with Gasteiger partial charge in [-0.25, -0.2) is 14.6 Å². The number of aromatic nitrogens is 3. The number of anilines is 1. The predicted octanol–water partition coefficient (Wildman–Crippen LogP) is 2.62. The summed E-state index contributed by atoms with van der Waals surface area (Å²) in [6.07, 6.45) is 23.4. The Labute approximate surface area is 276 Å². The predicted molar refractivity (Wildman–Crippen MR) is 178 cm³/mol. The van der Waals surface area contributed by atoms with Crippen molar-refractivity contribution in [3.63, 3.8) is 0 Å². The molecule has 1 saturated heterocycles. The van der Waals surface area contributed by atoms with Crippen LogP contribution in [-0.2, 0) is 19.0 Å². The molecule has 1 aliphatic heterocycles. The third kappa shape index (κ3) is 16.9. The van der Waals surface area contributed by atoms with Crippen LogP contribution in [0.3, 0.4) is 0 Å². The second-order valence-electron chi connectivity index (χ2n) is 10.5. The van der Waals surface area contributed by atoms with E-state index in [2.05, 4.69) is 88.3 Å².